The van der Waals surface area contributed by atoms with Crippen molar-refractivity contribution in [2.24, 2.45) is 0 Å². The van der Waals surface area contributed by atoms with E-state index < -0.39 is 6.10 Å². The number of fused-ring (bicyclic) bond motifs is 1. The van der Waals surface area contributed by atoms with Gasteiger partial charge in [0, 0.05) is 21.0 Å². The summed E-state index contributed by atoms with van der Waals surface area (Å²) in [4.78, 5) is 28.3. The lowest BCUT2D eigenvalue weighted by molar-refractivity contribution is -0.135. The van der Waals surface area contributed by atoms with Crippen molar-refractivity contribution in [1.82, 2.24) is 0 Å². The summed E-state index contributed by atoms with van der Waals surface area (Å²) in [5.74, 6) is 1.30. The van der Waals surface area contributed by atoms with Crippen LogP contribution in [0.4, 0.5) is 5.69 Å². The third kappa shape index (κ3) is 4.99. The number of aldehydes is 1. The van der Waals surface area contributed by atoms with E-state index in [1.165, 1.54) is 0 Å². The lowest BCUT2D eigenvalue weighted by Crippen LogP contribution is -2.61. The molecule has 0 aromatic heterocycles. The van der Waals surface area contributed by atoms with Gasteiger partial charge in [-0.25, -0.2) is 0 Å². The molecule has 192 valence electrons. The van der Waals surface area contributed by atoms with Gasteiger partial charge in [0.2, 0.25) is 6.10 Å². The van der Waals surface area contributed by atoms with E-state index in [1.807, 2.05) is 97.1 Å². The Hall–Kier alpha value is -4.55. The molecule has 1 fully saturated rings. The maximum atomic E-state index is 13.5. The number of hydrogen-bond acceptors (Lipinski definition) is 5. The minimum Gasteiger partial charge on any atom is -0.497 e. The smallest absolute Gasteiger partial charge is 0.271 e. The third-order valence-corrected chi connectivity index (χ3v) is 7.87. The Morgan fingerprint density at radius 3 is 2.05 bits per heavy atom. The van der Waals surface area contributed by atoms with Crippen molar-refractivity contribution < 1.29 is 19.1 Å². The summed E-state index contributed by atoms with van der Waals surface area (Å²) in [6, 6.07) is 36.9. The molecule has 6 heteroatoms. The van der Waals surface area contributed by atoms with E-state index >= 15 is 0 Å². The molecule has 5 nitrogen and oxygen atoms in total. The predicted molar refractivity (Wildman–Crippen MR) is 154 cm³/mol. The molecule has 0 aliphatic carbocycles. The predicted octanol–water partition coefficient (Wildman–Crippen LogP) is 7.35. The van der Waals surface area contributed by atoms with Gasteiger partial charge in [0.15, 0.2) is 0 Å². The zero-order chi connectivity index (χ0) is 26.8. The van der Waals surface area contributed by atoms with Crippen LogP contribution in [0.5, 0.6) is 11.5 Å². The molecule has 1 aliphatic rings. The lowest BCUT2D eigenvalue weighted by Gasteiger charge is -2.46. The zero-order valence-corrected chi connectivity index (χ0v) is 22.0. The van der Waals surface area contributed by atoms with Crippen molar-refractivity contribution in [3.63, 3.8) is 0 Å². The maximum Gasteiger partial charge on any atom is 0.271 e. The molecule has 0 spiro atoms. The van der Waals surface area contributed by atoms with Crippen LogP contribution in [0.2, 0.25) is 0 Å². The summed E-state index contributed by atoms with van der Waals surface area (Å²) in [6.07, 6.45) is 0.191. The van der Waals surface area contributed by atoms with Crippen LogP contribution in [0.25, 0.3) is 10.8 Å². The Morgan fingerprint density at radius 2 is 1.38 bits per heavy atom. The monoisotopic (exact) mass is 531 g/mol. The number of benzene rings is 5. The van der Waals surface area contributed by atoms with Crippen molar-refractivity contribution in [2.75, 3.05) is 12.0 Å². The van der Waals surface area contributed by atoms with E-state index in [-0.39, 0.29) is 11.9 Å². The highest BCUT2D eigenvalue weighted by molar-refractivity contribution is 7.99. The average molecular weight is 532 g/mol. The molecular formula is C33H25NO4S. The molecule has 0 radical (unpaired) electrons. The summed E-state index contributed by atoms with van der Waals surface area (Å²) in [6.45, 7) is 0. The standard InChI is InChI=1S/C33H25NO4S/c1-37-27-14-11-26(12-15-27)34-31(24-9-18-30(19-10-24)39-29-16-6-22(21-35)7-17-29)32(33(34)36)38-28-13-8-23-4-2-3-5-25(23)20-28/h2-21,31-32H,1H3. The molecule has 1 aliphatic heterocycles. The highest BCUT2D eigenvalue weighted by Crippen LogP contribution is 2.42. The molecule has 2 unspecified atom stereocenters. The fraction of sp³-hybridized carbons (Fsp3) is 0.0909. The molecule has 0 bridgehead atoms. The Balaban J connectivity index is 1.28. The minimum atomic E-state index is -0.650. The van der Waals surface area contributed by atoms with Gasteiger partial charge in [-0.15, -0.1) is 0 Å². The number of rotatable bonds is 8. The molecule has 39 heavy (non-hydrogen) atoms. The fourth-order valence-corrected chi connectivity index (χ4v) is 5.62. The number of ether oxygens (including phenoxy) is 2. The molecule has 6 rings (SSSR count). The van der Waals surface area contributed by atoms with E-state index in [2.05, 4.69) is 18.2 Å². The summed E-state index contributed by atoms with van der Waals surface area (Å²) in [5.41, 5.74) is 2.43. The second kappa shape index (κ2) is 10.7. The highest BCUT2D eigenvalue weighted by Gasteiger charge is 2.51. The third-order valence-electron chi connectivity index (χ3n) is 6.85. The van der Waals surface area contributed by atoms with Gasteiger partial charge in [-0.1, -0.05) is 66.4 Å². The summed E-state index contributed by atoms with van der Waals surface area (Å²) < 4.78 is 11.6. The molecule has 1 amide bonds. The van der Waals surface area contributed by atoms with Crippen LogP contribution < -0.4 is 14.4 Å². The van der Waals surface area contributed by atoms with E-state index in [0.717, 1.165) is 43.8 Å². The lowest BCUT2D eigenvalue weighted by atomic mass is 9.89. The summed E-state index contributed by atoms with van der Waals surface area (Å²) >= 11 is 1.62. The highest BCUT2D eigenvalue weighted by atomic mass is 32.2. The number of nitrogens with zero attached hydrogens (tertiary/aromatic N) is 1. The van der Waals surface area contributed by atoms with Gasteiger partial charge >= 0.3 is 0 Å². The average Bonchev–Trinajstić information content (AvgIpc) is 2.99. The van der Waals surface area contributed by atoms with Crippen molar-refractivity contribution in [3.05, 3.63) is 126 Å². The first kappa shape index (κ1) is 24.8. The van der Waals surface area contributed by atoms with Gasteiger partial charge < -0.3 is 9.47 Å². The number of amides is 1. The van der Waals surface area contributed by atoms with Gasteiger partial charge in [-0.2, -0.15) is 0 Å². The molecule has 1 heterocycles. The maximum absolute atomic E-state index is 13.5. The first-order chi connectivity index (χ1) is 19.1. The molecule has 2 atom stereocenters. The van der Waals surface area contributed by atoms with Crippen LogP contribution >= 0.6 is 11.8 Å². The van der Waals surface area contributed by atoms with E-state index in [4.69, 9.17) is 9.47 Å². The van der Waals surface area contributed by atoms with Gasteiger partial charge in [0.25, 0.3) is 5.91 Å². The van der Waals surface area contributed by atoms with E-state index in [9.17, 15) is 9.59 Å². The van der Waals surface area contributed by atoms with Crippen LogP contribution in [0.3, 0.4) is 0 Å². The molecule has 5 aromatic carbocycles. The number of anilines is 1. The van der Waals surface area contributed by atoms with Crippen molar-refractivity contribution >= 4 is 40.4 Å². The fourth-order valence-electron chi connectivity index (χ4n) is 4.80. The van der Waals surface area contributed by atoms with Crippen LogP contribution in [-0.4, -0.2) is 25.4 Å². The minimum absolute atomic E-state index is 0.0907. The van der Waals surface area contributed by atoms with Gasteiger partial charge in [0.05, 0.1) is 7.11 Å². The number of β-lactam (4-membered cyclic amide) rings is 1. The van der Waals surface area contributed by atoms with Gasteiger partial charge in [0.1, 0.15) is 23.8 Å². The topological polar surface area (TPSA) is 55.8 Å². The zero-order valence-electron chi connectivity index (χ0n) is 21.2. The number of carbonyl (C=O) groups is 2. The normalized spacial score (nSPS) is 16.5. The summed E-state index contributed by atoms with van der Waals surface area (Å²) in [7, 11) is 1.62. The Morgan fingerprint density at radius 1 is 0.744 bits per heavy atom. The first-order valence-corrected chi connectivity index (χ1v) is 13.4. The summed E-state index contributed by atoms with van der Waals surface area (Å²) in [5, 5.41) is 2.18. The molecule has 0 saturated carbocycles. The van der Waals surface area contributed by atoms with Crippen LogP contribution in [0, 0.1) is 0 Å². The first-order valence-electron chi connectivity index (χ1n) is 12.6. The van der Waals surface area contributed by atoms with Crippen LogP contribution in [-0.2, 0) is 4.79 Å². The molecule has 1 saturated heterocycles. The van der Waals surface area contributed by atoms with Crippen molar-refractivity contribution in [2.45, 2.75) is 21.9 Å². The van der Waals surface area contributed by atoms with E-state index in [0.29, 0.717) is 11.3 Å². The number of carbonyl (C=O) groups excluding carboxylic acids is 2. The molecule has 0 N–H and O–H groups in total. The largest absolute Gasteiger partial charge is 0.497 e. The van der Waals surface area contributed by atoms with Gasteiger partial charge in [-0.05, 0) is 77.0 Å². The van der Waals surface area contributed by atoms with Crippen molar-refractivity contribution in [1.29, 1.82) is 0 Å². The second-order valence-corrected chi connectivity index (χ2v) is 10.4. The van der Waals surface area contributed by atoms with E-state index in [1.54, 1.807) is 23.8 Å². The van der Waals surface area contributed by atoms with Crippen LogP contribution in [0.15, 0.2) is 125 Å². The van der Waals surface area contributed by atoms with Crippen LogP contribution in [0.1, 0.15) is 22.0 Å². The Kier molecular flexibility index (Phi) is 6.78. The number of hydrogen-bond donors (Lipinski definition) is 0. The van der Waals surface area contributed by atoms with Crippen molar-refractivity contribution in [3.8, 4) is 11.5 Å². The Labute approximate surface area is 231 Å². The quantitative estimate of drug-likeness (QED) is 0.155. The SMILES string of the molecule is COc1ccc(N2C(=O)C(Oc3ccc4ccccc4c3)C2c2ccc(Sc3ccc(C=O)cc3)cc2)cc1. The Bertz CT molecular complexity index is 1630. The molecular weight excluding hydrogens is 506 g/mol. The second-order valence-electron chi connectivity index (χ2n) is 9.26. The number of methoxy groups -OCH3 is 1. The molecule has 5 aromatic rings. The van der Waals surface area contributed by atoms with Gasteiger partial charge in [-0.3, -0.25) is 14.5 Å².